The van der Waals surface area contributed by atoms with Crippen molar-refractivity contribution in [3.63, 3.8) is 0 Å². The van der Waals surface area contributed by atoms with Crippen LogP contribution in [-0.2, 0) is 9.59 Å². The summed E-state index contributed by atoms with van der Waals surface area (Å²) in [6.45, 7) is 0. The maximum atomic E-state index is 13.5. The Morgan fingerprint density at radius 1 is 0.818 bits per heavy atom. The largest absolute Gasteiger partial charge is 0.496 e. The summed E-state index contributed by atoms with van der Waals surface area (Å²) in [6, 6.07) is 9.32. The topological polar surface area (TPSA) is 83.1 Å². The second kappa shape index (κ2) is 9.47. The lowest BCUT2D eigenvalue weighted by molar-refractivity contribution is -0.122. The fourth-order valence-corrected chi connectivity index (χ4v) is 5.21. The highest BCUT2D eigenvalue weighted by atomic mass is 79.9. The minimum absolute atomic E-state index is 0.0185. The molecule has 2 aromatic carbocycles. The van der Waals surface area contributed by atoms with E-state index < -0.39 is 5.92 Å². The van der Waals surface area contributed by atoms with Gasteiger partial charge in [-0.05, 0) is 58.1 Å². The summed E-state index contributed by atoms with van der Waals surface area (Å²) in [5.74, 6) is 1.88. The van der Waals surface area contributed by atoms with Crippen LogP contribution in [0.4, 0.5) is 0 Å². The fraction of sp³-hybridized carbons (Fsp3) is 0.360. The van der Waals surface area contributed by atoms with Gasteiger partial charge in [0.15, 0.2) is 17.3 Å². The number of allylic oxidation sites excluding steroid dienone is 2. The van der Waals surface area contributed by atoms with Gasteiger partial charge in [0, 0.05) is 35.6 Å². The van der Waals surface area contributed by atoms with Crippen molar-refractivity contribution in [2.24, 2.45) is 0 Å². The van der Waals surface area contributed by atoms with Crippen LogP contribution in [0.25, 0.3) is 0 Å². The molecule has 0 aromatic heterocycles. The lowest BCUT2D eigenvalue weighted by Crippen LogP contribution is -2.38. The van der Waals surface area contributed by atoms with E-state index in [0.29, 0.717) is 47.1 Å². The van der Waals surface area contributed by atoms with E-state index in [2.05, 4.69) is 21.2 Å². The van der Waals surface area contributed by atoms with Gasteiger partial charge in [-0.25, -0.2) is 0 Å². The molecule has 1 heterocycles. The maximum Gasteiger partial charge on any atom is 0.225 e. The normalized spacial score (nSPS) is 20.2. The zero-order chi connectivity index (χ0) is 23.7. The Kier molecular flexibility index (Phi) is 6.65. The van der Waals surface area contributed by atoms with Crippen LogP contribution < -0.4 is 24.3 Å². The Hall–Kier alpha value is -3.00. The monoisotopic (exact) mass is 515 g/mol. The highest BCUT2D eigenvalue weighted by Gasteiger charge is 2.39. The number of carbonyl (C=O) groups is 2. The second-order valence-corrected chi connectivity index (χ2v) is 8.92. The number of benzene rings is 2. The standard InChI is InChI=1S/C25H26BrNO6/c1-30-20-6-5-13(9-23(20)33-4)14-7-18-25(19(28)8-14)16(11-24(29)27-18)15-10-22(32-3)17(26)12-21(15)31-2/h5-6,9-10,12,14,16H,7-8,11H2,1-4H3,(H,27,29)/t14-,16-/m1/s1. The second-order valence-electron chi connectivity index (χ2n) is 8.07. The predicted molar refractivity (Wildman–Crippen MR) is 126 cm³/mol. The number of amides is 1. The summed E-state index contributed by atoms with van der Waals surface area (Å²) in [7, 11) is 6.32. The summed E-state index contributed by atoms with van der Waals surface area (Å²) in [5.41, 5.74) is 3.05. The first-order valence-corrected chi connectivity index (χ1v) is 11.4. The number of halogens is 1. The molecule has 2 atom stereocenters. The SMILES string of the molecule is COc1cc([C@H]2CC(=O)NC3=C2C(=O)C[C@H](c2ccc(OC)c(OC)c2)C3)c(OC)cc1Br. The fourth-order valence-electron chi connectivity index (χ4n) is 4.72. The number of carbonyl (C=O) groups excluding carboxylic acids is 2. The first kappa shape index (κ1) is 23.2. The van der Waals surface area contributed by atoms with Crippen molar-refractivity contribution in [2.75, 3.05) is 28.4 Å². The van der Waals surface area contributed by atoms with Crippen LogP contribution >= 0.6 is 15.9 Å². The Morgan fingerprint density at radius 3 is 2.18 bits per heavy atom. The summed E-state index contributed by atoms with van der Waals surface area (Å²) in [4.78, 5) is 26.1. The number of nitrogens with one attached hydrogen (secondary N) is 1. The first-order valence-electron chi connectivity index (χ1n) is 10.6. The van der Waals surface area contributed by atoms with Gasteiger partial charge in [-0.15, -0.1) is 0 Å². The average Bonchev–Trinajstić information content (AvgIpc) is 2.82. The van der Waals surface area contributed by atoms with Crippen LogP contribution in [-0.4, -0.2) is 40.1 Å². The number of rotatable bonds is 6. The maximum absolute atomic E-state index is 13.5. The van der Waals surface area contributed by atoms with Crippen LogP contribution in [0, 0.1) is 0 Å². The molecule has 33 heavy (non-hydrogen) atoms. The molecule has 0 bridgehead atoms. The van der Waals surface area contributed by atoms with Crippen molar-refractivity contribution in [2.45, 2.75) is 31.1 Å². The van der Waals surface area contributed by atoms with Crippen molar-refractivity contribution >= 4 is 27.6 Å². The molecule has 0 fully saturated rings. The van der Waals surface area contributed by atoms with Crippen LogP contribution in [0.15, 0.2) is 46.1 Å². The molecule has 1 aliphatic heterocycles. The smallest absolute Gasteiger partial charge is 0.225 e. The van der Waals surface area contributed by atoms with Crippen molar-refractivity contribution < 1.29 is 28.5 Å². The number of methoxy groups -OCH3 is 4. The third kappa shape index (κ3) is 4.31. The zero-order valence-electron chi connectivity index (χ0n) is 19.0. The van der Waals surface area contributed by atoms with Gasteiger partial charge in [-0.2, -0.15) is 0 Å². The van der Waals surface area contributed by atoms with E-state index in [1.165, 1.54) is 0 Å². The minimum atomic E-state index is -0.399. The molecule has 1 N–H and O–H groups in total. The third-order valence-corrected chi connectivity index (χ3v) is 6.91. The number of Topliss-reactive ketones (excluding diaryl/α,β-unsaturated/α-hetero) is 1. The molecule has 2 aliphatic rings. The third-order valence-electron chi connectivity index (χ3n) is 6.29. The van der Waals surface area contributed by atoms with Gasteiger partial charge in [0.1, 0.15) is 11.5 Å². The van der Waals surface area contributed by atoms with Gasteiger partial charge in [-0.1, -0.05) is 6.07 Å². The molecule has 1 amide bonds. The molecule has 0 radical (unpaired) electrons. The van der Waals surface area contributed by atoms with Gasteiger partial charge >= 0.3 is 0 Å². The van der Waals surface area contributed by atoms with Crippen LogP contribution in [0.1, 0.15) is 42.2 Å². The van der Waals surface area contributed by atoms with Gasteiger partial charge in [0.05, 0.1) is 32.9 Å². The molecule has 0 saturated heterocycles. The van der Waals surface area contributed by atoms with Crippen molar-refractivity contribution in [3.05, 3.63) is 57.2 Å². The van der Waals surface area contributed by atoms with Crippen LogP contribution in [0.5, 0.6) is 23.0 Å². The number of hydrogen-bond acceptors (Lipinski definition) is 6. The minimum Gasteiger partial charge on any atom is -0.496 e. The van der Waals surface area contributed by atoms with E-state index in [-0.39, 0.29) is 24.0 Å². The summed E-state index contributed by atoms with van der Waals surface area (Å²) in [5, 5.41) is 2.96. The Labute approximate surface area is 201 Å². The summed E-state index contributed by atoms with van der Waals surface area (Å²) < 4.78 is 22.5. The molecule has 4 rings (SSSR count). The summed E-state index contributed by atoms with van der Waals surface area (Å²) in [6.07, 6.45) is 1.07. The van der Waals surface area contributed by atoms with E-state index >= 15 is 0 Å². The average molecular weight is 516 g/mol. The highest BCUT2D eigenvalue weighted by molar-refractivity contribution is 9.10. The van der Waals surface area contributed by atoms with Crippen molar-refractivity contribution in [1.29, 1.82) is 0 Å². The Bertz CT molecular complexity index is 1140. The van der Waals surface area contributed by atoms with Gasteiger partial charge in [-0.3, -0.25) is 9.59 Å². The van der Waals surface area contributed by atoms with E-state index in [4.69, 9.17) is 18.9 Å². The molecular weight excluding hydrogens is 490 g/mol. The van der Waals surface area contributed by atoms with Gasteiger partial charge < -0.3 is 24.3 Å². The zero-order valence-corrected chi connectivity index (χ0v) is 20.6. The number of ketones is 1. The first-order chi connectivity index (χ1) is 15.9. The molecule has 0 unspecified atom stereocenters. The van der Waals surface area contributed by atoms with E-state index in [9.17, 15) is 9.59 Å². The van der Waals surface area contributed by atoms with Crippen molar-refractivity contribution in [3.8, 4) is 23.0 Å². The quantitative estimate of drug-likeness (QED) is 0.610. The predicted octanol–water partition coefficient (Wildman–Crippen LogP) is 4.49. The van der Waals surface area contributed by atoms with E-state index in [1.807, 2.05) is 24.3 Å². The lowest BCUT2D eigenvalue weighted by atomic mass is 9.73. The Morgan fingerprint density at radius 2 is 1.52 bits per heavy atom. The molecule has 1 aliphatic carbocycles. The molecule has 2 aromatic rings. The highest BCUT2D eigenvalue weighted by Crippen LogP contribution is 2.47. The number of hydrogen-bond donors (Lipinski definition) is 1. The van der Waals surface area contributed by atoms with E-state index in [1.54, 1.807) is 34.5 Å². The van der Waals surface area contributed by atoms with Crippen molar-refractivity contribution in [1.82, 2.24) is 5.32 Å². The molecular formula is C25H26BrNO6. The lowest BCUT2D eigenvalue weighted by Gasteiger charge is -2.35. The molecule has 8 heteroatoms. The number of ether oxygens (including phenoxy) is 4. The molecule has 174 valence electrons. The van der Waals surface area contributed by atoms with Gasteiger partial charge in [0.25, 0.3) is 0 Å². The van der Waals surface area contributed by atoms with Crippen LogP contribution in [0.2, 0.25) is 0 Å². The molecule has 0 saturated carbocycles. The molecule has 0 spiro atoms. The van der Waals surface area contributed by atoms with Gasteiger partial charge in [0.2, 0.25) is 5.91 Å². The Balaban J connectivity index is 1.75. The van der Waals surface area contributed by atoms with Crippen LogP contribution in [0.3, 0.4) is 0 Å². The molecule has 7 nitrogen and oxygen atoms in total. The van der Waals surface area contributed by atoms with E-state index in [0.717, 1.165) is 15.6 Å². The summed E-state index contributed by atoms with van der Waals surface area (Å²) >= 11 is 3.47.